The Kier molecular flexibility index (Phi) is 4.36. The molecule has 1 heterocycles. The second-order valence-electron chi connectivity index (χ2n) is 4.15. The minimum Gasteiger partial charge on any atom is -0.497 e. The van der Waals surface area contributed by atoms with Gasteiger partial charge in [0.25, 0.3) is 0 Å². The lowest BCUT2D eigenvalue weighted by atomic mass is 10.1. The van der Waals surface area contributed by atoms with Crippen molar-refractivity contribution in [3.63, 3.8) is 0 Å². The van der Waals surface area contributed by atoms with Gasteiger partial charge in [-0.25, -0.2) is 0 Å². The van der Waals surface area contributed by atoms with Crippen molar-refractivity contribution in [2.24, 2.45) is 0 Å². The fraction of sp³-hybridized carbons (Fsp3) is 0.267. The molecule has 4 heteroatoms. The first kappa shape index (κ1) is 13.4. The molecule has 0 bridgehead atoms. The van der Waals surface area contributed by atoms with Gasteiger partial charge in [-0.1, -0.05) is 12.1 Å². The highest BCUT2D eigenvalue weighted by atomic mass is 16.5. The Labute approximate surface area is 111 Å². The van der Waals surface area contributed by atoms with Crippen molar-refractivity contribution in [2.75, 3.05) is 14.2 Å². The summed E-state index contributed by atoms with van der Waals surface area (Å²) in [6.07, 6.45) is 0.309. The molecule has 0 radical (unpaired) electrons. The number of carbonyl (C=O) groups is 1. The van der Waals surface area contributed by atoms with Crippen LogP contribution in [0.4, 0.5) is 0 Å². The maximum absolute atomic E-state index is 12.0. The Morgan fingerprint density at radius 1 is 1.11 bits per heavy atom. The van der Waals surface area contributed by atoms with Gasteiger partial charge in [-0.15, -0.1) is 0 Å². The molecule has 0 aliphatic carbocycles. The van der Waals surface area contributed by atoms with E-state index in [-0.39, 0.29) is 5.78 Å². The zero-order valence-corrected chi connectivity index (χ0v) is 11.0. The highest BCUT2D eigenvalue weighted by Gasteiger charge is 2.12. The minimum atomic E-state index is -0.0486. The van der Waals surface area contributed by atoms with Crippen LogP contribution in [0, 0.1) is 0 Å². The first-order valence-electron chi connectivity index (χ1n) is 5.96. The van der Waals surface area contributed by atoms with Gasteiger partial charge in [0, 0.05) is 13.5 Å². The van der Waals surface area contributed by atoms with Crippen LogP contribution in [0.25, 0.3) is 0 Å². The van der Waals surface area contributed by atoms with Gasteiger partial charge in [0.2, 0.25) is 5.78 Å². The van der Waals surface area contributed by atoms with E-state index in [1.807, 2.05) is 24.3 Å². The Bertz CT molecular complexity index is 540. The molecule has 4 nitrogen and oxygen atoms in total. The van der Waals surface area contributed by atoms with E-state index < -0.39 is 0 Å². The van der Waals surface area contributed by atoms with Crippen molar-refractivity contribution in [1.82, 2.24) is 0 Å². The van der Waals surface area contributed by atoms with Crippen molar-refractivity contribution in [3.05, 3.63) is 53.5 Å². The lowest BCUT2D eigenvalue weighted by molar-refractivity contribution is 0.0957. The van der Waals surface area contributed by atoms with Gasteiger partial charge in [-0.2, -0.15) is 0 Å². The third-order valence-corrected chi connectivity index (χ3v) is 2.75. The largest absolute Gasteiger partial charge is 0.497 e. The molecule has 0 aliphatic heterocycles. The number of hydrogen-bond donors (Lipinski definition) is 0. The van der Waals surface area contributed by atoms with Gasteiger partial charge in [0.05, 0.1) is 7.11 Å². The molecule has 0 saturated heterocycles. The number of carbonyl (C=O) groups excluding carboxylic acids is 1. The van der Waals surface area contributed by atoms with Crippen LogP contribution in [-0.4, -0.2) is 20.0 Å². The summed E-state index contributed by atoms with van der Waals surface area (Å²) in [5.74, 6) is 1.74. The number of Topliss-reactive ketones (excluding diaryl/α,β-unsaturated/α-hetero) is 1. The second-order valence-corrected chi connectivity index (χ2v) is 4.15. The summed E-state index contributed by atoms with van der Waals surface area (Å²) in [5, 5.41) is 0. The molecule has 1 aromatic carbocycles. The van der Waals surface area contributed by atoms with Gasteiger partial charge in [-0.05, 0) is 29.8 Å². The van der Waals surface area contributed by atoms with Gasteiger partial charge >= 0.3 is 0 Å². The zero-order valence-electron chi connectivity index (χ0n) is 11.0. The van der Waals surface area contributed by atoms with E-state index in [2.05, 4.69) is 0 Å². The molecule has 19 heavy (non-hydrogen) atoms. The van der Waals surface area contributed by atoms with E-state index in [1.165, 1.54) is 0 Å². The van der Waals surface area contributed by atoms with Gasteiger partial charge < -0.3 is 13.9 Å². The van der Waals surface area contributed by atoms with Crippen molar-refractivity contribution in [3.8, 4) is 5.75 Å². The molecule has 0 fully saturated rings. The molecular formula is C15H16O4. The average Bonchev–Trinajstić information content (AvgIpc) is 2.89. The van der Waals surface area contributed by atoms with Crippen LogP contribution in [0.1, 0.15) is 21.9 Å². The van der Waals surface area contributed by atoms with Crippen molar-refractivity contribution < 1.29 is 18.7 Å². The second kappa shape index (κ2) is 6.20. The van der Waals surface area contributed by atoms with E-state index in [0.717, 1.165) is 11.3 Å². The number of methoxy groups -OCH3 is 2. The molecule has 0 saturated carbocycles. The minimum absolute atomic E-state index is 0.0486. The maximum Gasteiger partial charge on any atom is 0.202 e. The highest BCUT2D eigenvalue weighted by molar-refractivity contribution is 5.95. The van der Waals surface area contributed by atoms with E-state index in [0.29, 0.717) is 24.5 Å². The highest BCUT2D eigenvalue weighted by Crippen LogP contribution is 2.15. The summed E-state index contributed by atoms with van der Waals surface area (Å²) in [7, 11) is 3.20. The summed E-state index contributed by atoms with van der Waals surface area (Å²) in [6.45, 7) is 0.371. The molecule has 0 amide bonds. The quantitative estimate of drug-likeness (QED) is 0.749. The van der Waals surface area contributed by atoms with Crippen LogP contribution in [0.2, 0.25) is 0 Å². The monoisotopic (exact) mass is 260 g/mol. The Morgan fingerprint density at radius 3 is 2.47 bits per heavy atom. The Hall–Kier alpha value is -2.07. The standard InChI is InChI=1S/C15H16O4/c1-17-10-13-7-8-15(19-13)14(16)9-11-3-5-12(18-2)6-4-11/h3-8H,9-10H2,1-2H3. The summed E-state index contributed by atoms with van der Waals surface area (Å²) in [6, 6.07) is 10.8. The number of benzene rings is 1. The lowest BCUT2D eigenvalue weighted by Crippen LogP contribution is -2.02. The smallest absolute Gasteiger partial charge is 0.202 e. The first-order valence-corrected chi connectivity index (χ1v) is 5.96. The van der Waals surface area contributed by atoms with Crippen LogP contribution in [0.15, 0.2) is 40.8 Å². The number of ether oxygens (including phenoxy) is 2. The van der Waals surface area contributed by atoms with E-state index in [1.54, 1.807) is 26.4 Å². The maximum atomic E-state index is 12.0. The lowest BCUT2D eigenvalue weighted by Gasteiger charge is -2.02. The van der Waals surface area contributed by atoms with Gasteiger partial charge in [0.15, 0.2) is 5.76 Å². The molecule has 1 aromatic heterocycles. The number of hydrogen-bond acceptors (Lipinski definition) is 4. The summed E-state index contributed by atoms with van der Waals surface area (Å²) < 4.78 is 15.4. The van der Waals surface area contributed by atoms with Crippen LogP contribution in [0.3, 0.4) is 0 Å². The predicted octanol–water partition coefficient (Wildman–Crippen LogP) is 2.86. The average molecular weight is 260 g/mol. The molecule has 0 spiro atoms. The summed E-state index contributed by atoms with van der Waals surface area (Å²) in [4.78, 5) is 12.0. The van der Waals surface area contributed by atoms with Crippen LogP contribution < -0.4 is 4.74 Å². The number of ketones is 1. The van der Waals surface area contributed by atoms with Crippen LogP contribution >= 0.6 is 0 Å². The molecule has 0 unspecified atom stereocenters. The zero-order chi connectivity index (χ0) is 13.7. The van der Waals surface area contributed by atoms with Gasteiger partial charge in [0.1, 0.15) is 18.1 Å². The normalized spacial score (nSPS) is 10.4. The van der Waals surface area contributed by atoms with E-state index in [4.69, 9.17) is 13.9 Å². The predicted molar refractivity (Wildman–Crippen MR) is 70.4 cm³/mol. The first-order chi connectivity index (χ1) is 9.22. The number of furan rings is 1. The number of rotatable bonds is 6. The van der Waals surface area contributed by atoms with Crippen LogP contribution in [-0.2, 0) is 17.8 Å². The van der Waals surface area contributed by atoms with E-state index in [9.17, 15) is 4.79 Å². The third kappa shape index (κ3) is 3.45. The third-order valence-electron chi connectivity index (χ3n) is 2.75. The molecule has 0 aliphatic rings. The Morgan fingerprint density at radius 2 is 1.84 bits per heavy atom. The molecular weight excluding hydrogens is 244 g/mol. The van der Waals surface area contributed by atoms with Crippen molar-refractivity contribution in [2.45, 2.75) is 13.0 Å². The fourth-order valence-corrected chi connectivity index (χ4v) is 1.76. The van der Waals surface area contributed by atoms with Gasteiger partial charge in [-0.3, -0.25) is 4.79 Å². The van der Waals surface area contributed by atoms with E-state index >= 15 is 0 Å². The molecule has 2 rings (SSSR count). The molecule has 0 N–H and O–H groups in total. The van der Waals surface area contributed by atoms with Crippen LogP contribution in [0.5, 0.6) is 5.75 Å². The van der Waals surface area contributed by atoms with Crippen molar-refractivity contribution >= 4 is 5.78 Å². The fourth-order valence-electron chi connectivity index (χ4n) is 1.76. The van der Waals surface area contributed by atoms with Crippen molar-refractivity contribution in [1.29, 1.82) is 0 Å². The Balaban J connectivity index is 2.02. The molecule has 0 atom stereocenters. The topological polar surface area (TPSA) is 48.7 Å². The molecule has 2 aromatic rings. The molecule has 100 valence electrons. The SMILES string of the molecule is COCc1ccc(C(=O)Cc2ccc(OC)cc2)o1. The summed E-state index contributed by atoms with van der Waals surface area (Å²) in [5.41, 5.74) is 0.926. The summed E-state index contributed by atoms with van der Waals surface area (Å²) >= 11 is 0.